The van der Waals surface area contributed by atoms with Crippen molar-refractivity contribution in [1.29, 1.82) is 10.5 Å². The second kappa shape index (κ2) is 6.75. The van der Waals surface area contributed by atoms with Crippen LogP contribution in [-0.2, 0) is 16.1 Å². The number of hydrogen-bond acceptors (Lipinski definition) is 5. The molecule has 0 saturated carbocycles. The van der Waals surface area contributed by atoms with Crippen molar-refractivity contribution in [2.75, 3.05) is 0 Å². The summed E-state index contributed by atoms with van der Waals surface area (Å²) in [5.41, 5.74) is -0.538. The molecule has 3 rings (SSSR count). The van der Waals surface area contributed by atoms with E-state index in [9.17, 15) is 22.5 Å². The number of aliphatic hydroxyl groups is 1. The molecule has 0 aromatic heterocycles. The van der Waals surface area contributed by atoms with E-state index in [1.807, 2.05) is 4.72 Å². The maximum atomic E-state index is 14.2. The minimum absolute atomic E-state index is 0.0346. The normalized spacial score (nSPS) is 19.0. The number of ether oxygens (including phenoxy) is 1. The topological polar surface area (TPSA) is 106 Å². The van der Waals surface area contributed by atoms with Gasteiger partial charge in [0.2, 0.25) is 0 Å². The maximum Gasteiger partial charge on any atom is 0.281 e. The average molecular weight is 407 g/mol. The molecule has 0 saturated heterocycles. The van der Waals surface area contributed by atoms with Crippen molar-refractivity contribution in [3.8, 4) is 23.8 Å². The van der Waals surface area contributed by atoms with Gasteiger partial charge in [0.15, 0.2) is 6.19 Å². The van der Waals surface area contributed by atoms with Gasteiger partial charge in [-0.25, -0.2) is 22.1 Å². The number of alkyl halides is 2. The van der Waals surface area contributed by atoms with Crippen LogP contribution in [0.1, 0.15) is 22.8 Å². The van der Waals surface area contributed by atoms with Crippen molar-refractivity contribution in [1.82, 2.24) is 4.72 Å². The number of rotatable bonds is 4. The molecule has 10 heteroatoms. The zero-order valence-electron chi connectivity index (χ0n) is 14.1. The number of hydrogen-bond donors (Lipinski definition) is 2. The molecule has 2 unspecified atom stereocenters. The summed E-state index contributed by atoms with van der Waals surface area (Å²) in [7, 11) is -3.49. The molecule has 1 aliphatic carbocycles. The van der Waals surface area contributed by atoms with Crippen molar-refractivity contribution in [2.24, 2.45) is 0 Å². The summed E-state index contributed by atoms with van der Waals surface area (Å²) < 4.78 is 62.0. The molecule has 28 heavy (non-hydrogen) atoms. The Kier molecular flexibility index (Phi) is 4.71. The highest BCUT2D eigenvalue weighted by molar-refractivity contribution is 7.98. The third kappa shape index (κ3) is 3.36. The molecule has 2 aromatic rings. The number of nitriles is 2. The van der Waals surface area contributed by atoms with Gasteiger partial charge in [0.05, 0.1) is 26.2 Å². The summed E-state index contributed by atoms with van der Waals surface area (Å²) in [6.45, 7) is 0. The molecule has 1 aliphatic rings. The van der Waals surface area contributed by atoms with Crippen LogP contribution in [-0.4, -0.2) is 21.1 Å². The summed E-state index contributed by atoms with van der Waals surface area (Å²) in [4.78, 5) is -0.252. The van der Waals surface area contributed by atoms with Crippen LogP contribution in [0, 0.1) is 28.6 Å². The highest BCUT2D eigenvalue weighted by Crippen LogP contribution is 2.49. The largest absolute Gasteiger partial charge is 0.457 e. The fourth-order valence-corrected chi connectivity index (χ4v) is 4.11. The molecule has 0 aliphatic heterocycles. The lowest BCUT2D eigenvalue weighted by Gasteiger charge is -2.18. The van der Waals surface area contributed by atoms with Crippen LogP contribution in [0.4, 0.5) is 13.2 Å². The van der Waals surface area contributed by atoms with Crippen LogP contribution in [0.15, 0.2) is 35.2 Å². The Morgan fingerprint density at radius 2 is 2.04 bits per heavy atom. The van der Waals surface area contributed by atoms with Gasteiger partial charge in [0.1, 0.15) is 23.4 Å². The second-order valence-corrected chi connectivity index (χ2v) is 8.07. The van der Waals surface area contributed by atoms with Gasteiger partial charge in [-0.15, -0.1) is 0 Å². The fraction of sp³-hybridized carbons (Fsp3) is 0.167. The van der Waals surface area contributed by atoms with Crippen LogP contribution >= 0.6 is 0 Å². The lowest BCUT2D eigenvalue weighted by atomic mass is 10.1. The quantitative estimate of drug-likeness (QED) is 0.461. The van der Waals surface area contributed by atoms with E-state index in [4.69, 9.17) is 15.3 Å². The first-order chi connectivity index (χ1) is 13.1. The van der Waals surface area contributed by atoms with E-state index in [2.05, 4.69) is 5.87 Å². The molecule has 0 bridgehead atoms. The number of halogens is 3. The van der Waals surface area contributed by atoms with E-state index in [0.717, 1.165) is 18.2 Å². The zero-order valence-corrected chi connectivity index (χ0v) is 14.9. The van der Waals surface area contributed by atoms with Crippen molar-refractivity contribution in [2.45, 2.75) is 23.3 Å². The number of fused-ring (bicyclic) bond motifs is 1. The summed E-state index contributed by atoms with van der Waals surface area (Å²) in [5, 5.41) is 27.7. The van der Waals surface area contributed by atoms with Gasteiger partial charge in [-0.05, 0) is 30.1 Å². The van der Waals surface area contributed by atoms with Crippen molar-refractivity contribution < 1.29 is 27.2 Å². The molecule has 2 aromatic carbocycles. The third-order valence-electron chi connectivity index (χ3n) is 4.15. The van der Waals surface area contributed by atoms with E-state index < -0.39 is 34.0 Å². The van der Waals surface area contributed by atoms with Gasteiger partial charge < -0.3 is 9.84 Å². The van der Waals surface area contributed by atoms with Gasteiger partial charge in [0, 0.05) is 23.6 Å². The maximum absolute atomic E-state index is 14.2. The Morgan fingerprint density at radius 1 is 1.32 bits per heavy atom. The van der Waals surface area contributed by atoms with Crippen LogP contribution in [0.25, 0.3) is 0 Å². The zero-order chi connectivity index (χ0) is 20.7. The minimum atomic E-state index is -3.57. The van der Waals surface area contributed by atoms with Crippen molar-refractivity contribution >= 4 is 15.6 Å². The predicted octanol–water partition coefficient (Wildman–Crippen LogP) is 2.78. The lowest BCUT2D eigenvalue weighted by molar-refractivity contribution is -0.0976. The molecule has 0 spiro atoms. The van der Waals surface area contributed by atoms with Gasteiger partial charge in [-0.3, -0.25) is 0 Å². The van der Waals surface area contributed by atoms with Crippen molar-refractivity contribution in [3.63, 3.8) is 0 Å². The highest BCUT2D eigenvalue weighted by atomic mass is 32.2. The van der Waals surface area contributed by atoms with Crippen LogP contribution in [0.2, 0.25) is 0 Å². The van der Waals surface area contributed by atoms with Crippen LogP contribution in [0.5, 0.6) is 11.5 Å². The summed E-state index contributed by atoms with van der Waals surface area (Å²) >= 11 is 0. The first-order valence-electron chi connectivity index (χ1n) is 7.72. The van der Waals surface area contributed by atoms with Crippen molar-refractivity contribution in [3.05, 3.63) is 52.8 Å². The number of nitrogens with zero attached hydrogens (tertiary/aromatic N) is 2. The molecule has 0 radical (unpaired) electrons. The van der Waals surface area contributed by atoms with Crippen LogP contribution < -0.4 is 9.46 Å². The van der Waals surface area contributed by atoms with Crippen LogP contribution in [0.3, 0.4) is 0 Å². The molecular formula is C18H12F3N3O3S. The first kappa shape index (κ1) is 19.5. The fourth-order valence-electron chi connectivity index (χ4n) is 2.97. The number of benzene rings is 2. The first-order valence-corrected chi connectivity index (χ1v) is 9.45. The number of aliphatic hydroxyl groups excluding tert-OH is 1. The SMILES string of the molecule is C=S(=O)(NC#N)c1ccc(Oc2cc(F)cc(C#N)c2)c2c1C(O)C(F)(F)C2. The molecular weight excluding hydrogens is 395 g/mol. The van der Waals surface area contributed by atoms with Gasteiger partial charge in [-0.2, -0.15) is 10.5 Å². The Labute approximate surface area is 158 Å². The Hall–Kier alpha value is -3.21. The minimum Gasteiger partial charge on any atom is -0.457 e. The summed E-state index contributed by atoms with van der Waals surface area (Å²) in [6, 6.07) is 7.26. The molecule has 6 nitrogen and oxygen atoms in total. The molecule has 0 amide bonds. The van der Waals surface area contributed by atoms with E-state index in [1.165, 1.54) is 18.3 Å². The Balaban J connectivity index is 2.16. The van der Waals surface area contributed by atoms with Gasteiger partial charge >= 0.3 is 0 Å². The average Bonchev–Trinajstić information content (AvgIpc) is 2.85. The van der Waals surface area contributed by atoms with E-state index in [0.29, 0.717) is 0 Å². The van der Waals surface area contributed by atoms with E-state index in [1.54, 1.807) is 6.07 Å². The monoisotopic (exact) mass is 407 g/mol. The Morgan fingerprint density at radius 3 is 2.68 bits per heavy atom. The van der Waals surface area contributed by atoms with Gasteiger partial charge in [0.25, 0.3) is 5.92 Å². The van der Waals surface area contributed by atoms with E-state index in [-0.39, 0.29) is 33.1 Å². The number of nitrogens with one attached hydrogen (secondary N) is 1. The standard InChI is InChI=1S/C18H12F3N3O3S/c1-28(26,24-9-23)15-3-2-14(13-7-18(20,21)17(25)16(13)15)27-12-5-10(8-22)4-11(19)6-12/h2-6,17,25H,1,7H2,(H,24,26). The lowest BCUT2D eigenvalue weighted by Crippen LogP contribution is -2.24. The third-order valence-corrected chi connectivity index (χ3v) is 5.64. The molecule has 144 valence electrons. The molecule has 0 heterocycles. The van der Waals surface area contributed by atoms with E-state index >= 15 is 0 Å². The Bertz CT molecular complexity index is 1150. The van der Waals surface area contributed by atoms with Gasteiger partial charge in [-0.1, -0.05) is 0 Å². The molecule has 2 N–H and O–H groups in total. The summed E-state index contributed by atoms with van der Waals surface area (Å²) in [6.07, 6.45) is -1.76. The summed E-state index contributed by atoms with van der Waals surface area (Å²) in [5.74, 6) is -1.22. The molecule has 0 fully saturated rings. The highest BCUT2D eigenvalue weighted by Gasteiger charge is 2.50. The second-order valence-electron chi connectivity index (χ2n) is 6.07. The molecule has 2 atom stereocenters. The smallest absolute Gasteiger partial charge is 0.281 e. The predicted molar refractivity (Wildman–Crippen MR) is 93.5 cm³/mol.